The highest BCUT2D eigenvalue weighted by atomic mass is 14.3. The van der Waals surface area contributed by atoms with E-state index < -0.39 is 0 Å². The van der Waals surface area contributed by atoms with Crippen molar-refractivity contribution in [3.05, 3.63) is 120 Å². The minimum Gasteiger partial charge on any atom is -0.302 e. The largest absolute Gasteiger partial charge is 0.302 e. The monoisotopic (exact) mass is 320 g/mol. The van der Waals surface area contributed by atoms with Crippen molar-refractivity contribution in [1.82, 2.24) is 0 Å². The predicted octanol–water partition coefficient (Wildman–Crippen LogP) is 6.23. The summed E-state index contributed by atoms with van der Waals surface area (Å²) in [6.07, 6.45) is 22.7. The maximum atomic E-state index is 2.35. The van der Waals surface area contributed by atoms with Crippen LogP contribution in [-0.4, -0.2) is 0 Å². The zero-order chi connectivity index (χ0) is 16.6. The average Bonchev–Trinajstić information content (AvgIpc) is 3.48. The van der Waals surface area contributed by atoms with E-state index in [1.807, 2.05) is 0 Å². The van der Waals surface area contributed by atoms with E-state index in [2.05, 4.69) is 103 Å². The van der Waals surface area contributed by atoms with Crippen LogP contribution < -0.4 is 0 Å². The molecule has 2 atom stereocenters. The minimum absolute atomic E-state index is 0.366. The van der Waals surface area contributed by atoms with Crippen molar-refractivity contribution < 1.29 is 0 Å². The Morgan fingerprint density at radius 2 is 1.44 bits per heavy atom. The quantitative estimate of drug-likeness (QED) is 0.586. The number of hydrogen-bond donors (Lipinski definition) is 0. The van der Waals surface area contributed by atoms with Crippen molar-refractivity contribution in [3.8, 4) is 11.1 Å². The zero-order valence-electron chi connectivity index (χ0n) is 14.0. The Hall–Kier alpha value is -2.86. The van der Waals surface area contributed by atoms with Crippen LogP contribution in [-0.2, 0) is 0 Å². The second-order valence-corrected chi connectivity index (χ2v) is 6.92. The molecule has 0 N–H and O–H groups in total. The first-order valence-corrected chi connectivity index (χ1v) is 9.01. The van der Waals surface area contributed by atoms with E-state index in [9.17, 15) is 0 Å². The van der Waals surface area contributed by atoms with Crippen LogP contribution in [0.15, 0.2) is 114 Å². The van der Waals surface area contributed by atoms with E-state index >= 15 is 0 Å². The molecule has 2 unspecified atom stereocenters. The van der Waals surface area contributed by atoms with Crippen LogP contribution in [0.25, 0.3) is 11.1 Å². The molecule has 0 heterocycles. The van der Waals surface area contributed by atoms with Gasteiger partial charge in [0.1, 0.15) is 0 Å². The molecule has 0 bridgehead atoms. The van der Waals surface area contributed by atoms with Gasteiger partial charge in [0.2, 0.25) is 0 Å². The number of allylic oxidation sites excluding steroid dienone is 12. The fourth-order valence-electron chi connectivity index (χ4n) is 4.36. The van der Waals surface area contributed by atoms with Crippen molar-refractivity contribution in [1.29, 1.82) is 0 Å². The highest BCUT2D eigenvalue weighted by Gasteiger charge is 2.28. The van der Waals surface area contributed by atoms with Gasteiger partial charge in [0.05, 0.1) is 0 Å². The summed E-state index contributed by atoms with van der Waals surface area (Å²) in [5.41, 5.74) is 7.09. The standard InChI is InChI=1S/C25H20/c1-2-9-18(8-1)20-12-5-14-22(20)24-16-7-17-25(24)23-15-6-13-21(23)19-10-3-4-11-19/h1-18,22,25H/q-2. The first kappa shape index (κ1) is 14.5. The van der Waals surface area contributed by atoms with Crippen molar-refractivity contribution >= 4 is 0 Å². The molecule has 0 fully saturated rings. The van der Waals surface area contributed by atoms with E-state index in [4.69, 9.17) is 0 Å². The zero-order valence-corrected chi connectivity index (χ0v) is 14.0. The second-order valence-electron chi connectivity index (χ2n) is 6.92. The molecular weight excluding hydrogens is 300 g/mol. The van der Waals surface area contributed by atoms with Crippen LogP contribution in [0, 0.1) is 11.8 Å². The Labute approximate surface area is 149 Å². The fourth-order valence-corrected chi connectivity index (χ4v) is 4.36. The third kappa shape index (κ3) is 2.37. The molecule has 0 nitrogen and oxygen atoms in total. The lowest BCUT2D eigenvalue weighted by Crippen LogP contribution is -2.12. The van der Waals surface area contributed by atoms with E-state index in [-0.39, 0.29) is 0 Å². The van der Waals surface area contributed by atoms with Crippen LogP contribution in [0.5, 0.6) is 0 Å². The van der Waals surface area contributed by atoms with E-state index in [0.717, 1.165) is 0 Å². The van der Waals surface area contributed by atoms with Crippen LogP contribution in [0.4, 0.5) is 0 Å². The fraction of sp³-hybridized carbons (Fsp3) is 0.120. The van der Waals surface area contributed by atoms with Gasteiger partial charge in [-0.1, -0.05) is 78.5 Å². The first-order chi connectivity index (χ1) is 12.4. The van der Waals surface area contributed by atoms with Gasteiger partial charge in [0, 0.05) is 11.8 Å². The molecule has 0 radical (unpaired) electrons. The van der Waals surface area contributed by atoms with Gasteiger partial charge in [0.25, 0.3) is 0 Å². The second kappa shape index (κ2) is 5.89. The smallest absolute Gasteiger partial charge is 0.0199 e. The van der Waals surface area contributed by atoms with E-state index in [1.165, 1.54) is 27.8 Å². The normalized spacial score (nSPS) is 24.5. The molecule has 2 aromatic rings. The first-order valence-electron chi connectivity index (χ1n) is 9.01. The lowest BCUT2D eigenvalue weighted by Gasteiger charge is -2.30. The Kier molecular flexibility index (Phi) is 3.41. The molecule has 5 rings (SSSR count). The van der Waals surface area contributed by atoms with Crippen LogP contribution in [0.2, 0.25) is 0 Å². The Morgan fingerprint density at radius 1 is 0.680 bits per heavy atom. The Morgan fingerprint density at radius 3 is 2.28 bits per heavy atom. The van der Waals surface area contributed by atoms with Crippen molar-refractivity contribution in [2.45, 2.75) is 5.92 Å². The molecule has 3 aliphatic rings. The van der Waals surface area contributed by atoms with Gasteiger partial charge < -0.3 is 6.07 Å². The molecule has 0 amide bonds. The summed E-state index contributed by atoms with van der Waals surface area (Å²) in [5, 5.41) is 0. The van der Waals surface area contributed by atoms with Gasteiger partial charge in [-0.2, -0.15) is 5.56 Å². The maximum absolute atomic E-state index is 2.35. The summed E-state index contributed by atoms with van der Waals surface area (Å²) < 4.78 is 0. The van der Waals surface area contributed by atoms with E-state index in [1.54, 1.807) is 0 Å². The van der Waals surface area contributed by atoms with Gasteiger partial charge in [0.15, 0.2) is 0 Å². The summed E-state index contributed by atoms with van der Waals surface area (Å²) >= 11 is 0. The average molecular weight is 320 g/mol. The van der Waals surface area contributed by atoms with Crippen molar-refractivity contribution in [2.24, 2.45) is 11.8 Å². The Balaban J connectivity index is 1.49. The third-order valence-electron chi connectivity index (χ3n) is 5.55. The lowest BCUT2D eigenvalue weighted by molar-refractivity contribution is 0.759. The van der Waals surface area contributed by atoms with Crippen LogP contribution in [0.3, 0.4) is 0 Å². The molecule has 0 spiro atoms. The summed E-state index contributed by atoms with van der Waals surface area (Å²) in [6, 6.07) is 15.4. The molecule has 0 heteroatoms. The maximum Gasteiger partial charge on any atom is 0.0199 e. The van der Waals surface area contributed by atoms with Crippen LogP contribution in [0.1, 0.15) is 11.5 Å². The minimum atomic E-state index is 0.366. The molecule has 0 saturated carbocycles. The van der Waals surface area contributed by atoms with Crippen molar-refractivity contribution in [3.63, 3.8) is 0 Å². The van der Waals surface area contributed by atoms with Gasteiger partial charge >= 0.3 is 0 Å². The number of hydrogen-bond acceptors (Lipinski definition) is 0. The predicted molar refractivity (Wildman–Crippen MR) is 106 cm³/mol. The summed E-state index contributed by atoms with van der Waals surface area (Å²) in [5.74, 6) is 1.21. The lowest BCUT2D eigenvalue weighted by atomic mass is 9.79. The van der Waals surface area contributed by atoms with E-state index in [0.29, 0.717) is 17.8 Å². The summed E-state index contributed by atoms with van der Waals surface area (Å²) in [6.45, 7) is 0. The molecule has 3 aliphatic carbocycles. The van der Waals surface area contributed by atoms with Gasteiger partial charge in [-0.3, -0.25) is 11.6 Å². The third-order valence-corrected chi connectivity index (χ3v) is 5.55. The summed E-state index contributed by atoms with van der Waals surface area (Å²) in [7, 11) is 0. The molecule has 2 aromatic carbocycles. The molecule has 0 aromatic heterocycles. The summed E-state index contributed by atoms with van der Waals surface area (Å²) in [4.78, 5) is 0. The van der Waals surface area contributed by atoms with Gasteiger partial charge in [-0.25, -0.2) is 11.6 Å². The molecule has 122 valence electrons. The SMILES string of the molecule is C1=CC(C2=CC=CC2C2=CC=CC2[c-]2cccc2-[c-]2cccc2)C=C1. The molecular formula is C25H20-2. The van der Waals surface area contributed by atoms with Gasteiger partial charge in [-0.15, -0.1) is 12.1 Å². The van der Waals surface area contributed by atoms with Crippen LogP contribution >= 0.6 is 0 Å². The molecule has 25 heavy (non-hydrogen) atoms. The van der Waals surface area contributed by atoms with Crippen molar-refractivity contribution in [2.75, 3.05) is 0 Å². The molecule has 0 saturated heterocycles. The molecule has 0 aliphatic heterocycles. The Bertz CT molecular complexity index is 936. The highest BCUT2D eigenvalue weighted by molar-refractivity contribution is 5.71. The topological polar surface area (TPSA) is 0 Å². The highest BCUT2D eigenvalue weighted by Crippen LogP contribution is 2.45. The van der Waals surface area contributed by atoms with Gasteiger partial charge in [-0.05, 0) is 11.5 Å². The number of rotatable bonds is 4.